The molecule has 1 N–H and O–H groups in total. The Morgan fingerprint density at radius 3 is 2.56 bits per heavy atom. The molecule has 1 fully saturated rings. The Morgan fingerprint density at radius 1 is 1.09 bits per heavy atom. The average molecular weight is 466 g/mol. The van der Waals surface area contributed by atoms with Crippen LogP contribution in [0.4, 0.5) is 10.1 Å². The van der Waals surface area contributed by atoms with Gasteiger partial charge in [-0.05, 0) is 23.9 Å². The largest absolute Gasteiger partial charge is 0.870 e. The van der Waals surface area contributed by atoms with Gasteiger partial charge >= 0.3 is 0 Å². The number of aromatic nitrogens is 3. The number of methoxy groups -OCH3 is 1. The third-order valence-electron chi connectivity index (χ3n) is 6.44. The Labute approximate surface area is 195 Å². The van der Waals surface area contributed by atoms with E-state index in [2.05, 4.69) is 14.9 Å². The molecule has 1 aliphatic heterocycles. The van der Waals surface area contributed by atoms with Crippen molar-refractivity contribution in [3.8, 4) is 17.2 Å². The first kappa shape index (κ1) is 22.0. The molecule has 2 heterocycles. The Bertz CT molecular complexity index is 1350. The summed E-state index contributed by atoms with van der Waals surface area (Å²) in [5.41, 5.74) is 1.02. The van der Waals surface area contributed by atoms with Gasteiger partial charge in [0.2, 0.25) is 0 Å². The standard InChI is InChI=1S/C24H26FN5O4/c1-34-20-15-16(25)7-8-19(20)28-13-11-27(12-14-28)9-4-10-29-22-21(26-30(29)33)23(31)17-5-2-3-6-18(17)24(22)32/h2-3,5-8,15,31-32H,4,9-14H2,1H3/p-1. The molecular weight excluding hydrogens is 441 g/mol. The number of phenols is 1. The summed E-state index contributed by atoms with van der Waals surface area (Å²) >= 11 is 0. The van der Waals surface area contributed by atoms with Crippen molar-refractivity contribution in [2.45, 2.75) is 13.0 Å². The van der Waals surface area contributed by atoms with E-state index in [1.807, 2.05) is 0 Å². The van der Waals surface area contributed by atoms with Gasteiger partial charge < -0.3 is 25.1 Å². The van der Waals surface area contributed by atoms with Gasteiger partial charge in [0.25, 0.3) is 0 Å². The van der Waals surface area contributed by atoms with Crippen LogP contribution in [-0.4, -0.2) is 59.6 Å². The number of rotatable bonds is 6. The number of aromatic hydroxyl groups is 1. The molecule has 1 aliphatic rings. The maximum Gasteiger partial charge on any atom is 0.176 e. The first-order valence-electron chi connectivity index (χ1n) is 11.2. The quantitative estimate of drug-likeness (QED) is 0.342. The van der Waals surface area contributed by atoms with E-state index in [0.29, 0.717) is 34.4 Å². The number of hydrogen-bond donors (Lipinski definition) is 1. The molecule has 0 amide bonds. The number of halogens is 1. The molecule has 3 aromatic carbocycles. The normalized spacial score (nSPS) is 14.8. The maximum absolute atomic E-state index is 13.5. The SMILES string of the molecule is COc1cc(F)ccc1N1CCN(CCCn2c3c(O)c4ccccc4c([O-])c3n[n+]2[O-])CC1. The molecule has 178 valence electrons. The first-order valence-corrected chi connectivity index (χ1v) is 11.2. The molecule has 1 aromatic heterocycles. The third-order valence-corrected chi connectivity index (χ3v) is 6.44. The van der Waals surface area contributed by atoms with Gasteiger partial charge in [0.15, 0.2) is 16.8 Å². The minimum absolute atomic E-state index is 0.0203. The molecule has 9 nitrogen and oxygen atoms in total. The number of fused-ring (bicyclic) bond motifs is 2. The number of anilines is 1. The van der Waals surface area contributed by atoms with Gasteiger partial charge in [-0.15, -0.1) is 4.68 Å². The monoisotopic (exact) mass is 466 g/mol. The molecule has 0 spiro atoms. The van der Waals surface area contributed by atoms with E-state index in [1.54, 1.807) is 30.3 Å². The second-order valence-electron chi connectivity index (χ2n) is 8.39. The van der Waals surface area contributed by atoms with Crippen molar-refractivity contribution < 1.29 is 24.3 Å². The van der Waals surface area contributed by atoms with Crippen molar-refractivity contribution >= 4 is 27.5 Å². The molecule has 34 heavy (non-hydrogen) atoms. The van der Waals surface area contributed by atoms with E-state index < -0.39 is 0 Å². The highest BCUT2D eigenvalue weighted by Gasteiger charge is 2.23. The molecule has 0 saturated carbocycles. The minimum atomic E-state index is -0.362. The van der Waals surface area contributed by atoms with Gasteiger partial charge in [0.05, 0.1) is 19.3 Å². The fourth-order valence-corrected chi connectivity index (χ4v) is 4.69. The highest BCUT2D eigenvalue weighted by Crippen LogP contribution is 2.38. The van der Waals surface area contributed by atoms with Crippen LogP contribution in [0.3, 0.4) is 0 Å². The fraction of sp³-hybridized carbons (Fsp3) is 0.333. The zero-order valence-electron chi connectivity index (χ0n) is 18.8. The summed E-state index contributed by atoms with van der Waals surface area (Å²) in [4.78, 5) is 4.85. The smallest absolute Gasteiger partial charge is 0.176 e. The molecule has 0 bridgehead atoms. The molecule has 0 aliphatic carbocycles. The van der Waals surface area contributed by atoms with E-state index in [9.17, 15) is 19.8 Å². The molecule has 0 atom stereocenters. The summed E-state index contributed by atoms with van der Waals surface area (Å²) < 4.78 is 20.1. The van der Waals surface area contributed by atoms with E-state index in [4.69, 9.17) is 4.74 Å². The number of phenolic OH excluding ortho intramolecular Hbond substituents is 1. The number of nitrogens with zero attached hydrogens (tertiary/aromatic N) is 5. The molecule has 0 unspecified atom stereocenters. The third kappa shape index (κ3) is 3.79. The van der Waals surface area contributed by atoms with Crippen molar-refractivity contribution in [2.75, 3.05) is 44.7 Å². The summed E-state index contributed by atoms with van der Waals surface area (Å²) in [7, 11) is 1.53. The fourth-order valence-electron chi connectivity index (χ4n) is 4.69. The van der Waals surface area contributed by atoms with E-state index in [0.717, 1.165) is 38.4 Å². The van der Waals surface area contributed by atoms with Crippen molar-refractivity contribution in [3.63, 3.8) is 0 Å². The zero-order chi connectivity index (χ0) is 23.8. The van der Waals surface area contributed by atoms with Crippen molar-refractivity contribution in [1.29, 1.82) is 0 Å². The van der Waals surface area contributed by atoms with Gasteiger partial charge in [-0.3, -0.25) is 4.90 Å². The van der Waals surface area contributed by atoms with Crippen LogP contribution in [0.2, 0.25) is 0 Å². The lowest BCUT2D eigenvalue weighted by molar-refractivity contribution is -0.746. The molecule has 10 heteroatoms. The molecule has 0 radical (unpaired) electrons. The van der Waals surface area contributed by atoms with Crippen LogP contribution >= 0.6 is 0 Å². The topological polar surface area (TPSA) is 104 Å². The van der Waals surface area contributed by atoms with Crippen LogP contribution in [0, 0.1) is 11.0 Å². The number of ether oxygens (including phenoxy) is 1. The van der Waals surface area contributed by atoms with Crippen LogP contribution in [0.15, 0.2) is 42.5 Å². The second-order valence-corrected chi connectivity index (χ2v) is 8.39. The molecule has 4 aromatic rings. The Balaban J connectivity index is 1.26. The number of aryl methyl sites for hydroxylation is 1. The van der Waals surface area contributed by atoms with Gasteiger partial charge in [-0.25, -0.2) is 4.39 Å². The number of benzene rings is 3. The average Bonchev–Trinajstić information content (AvgIpc) is 3.19. The van der Waals surface area contributed by atoms with Crippen molar-refractivity contribution in [1.82, 2.24) is 14.7 Å². The Kier molecular flexibility index (Phi) is 5.74. The van der Waals surface area contributed by atoms with Gasteiger partial charge in [0.1, 0.15) is 11.6 Å². The number of hydrogen-bond acceptors (Lipinski definition) is 7. The van der Waals surface area contributed by atoms with Gasteiger partial charge in [-0.2, -0.15) is 0 Å². The Morgan fingerprint density at radius 2 is 1.82 bits per heavy atom. The van der Waals surface area contributed by atoms with E-state index in [-0.39, 0.29) is 28.3 Å². The van der Waals surface area contributed by atoms with Crippen molar-refractivity contribution in [2.24, 2.45) is 0 Å². The summed E-state index contributed by atoms with van der Waals surface area (Å²) in [6.07, 6.45) is 0.647. The summed E-state index contributed by atoms with van der Waals surface area (Å²) in [5, 5.41) is 40.6. The van der Waals surface area contributed by atoms with Gasteiger partial charge in [-0.1, -0.05) is 30.0 Å². The summed E-state index contributed by atoms with van der Waals surface area (Å²) in [5.74, 6) is -0.274. The lowest BCUT2D eigenvalue weighted by Crippen LogP contribution is -2.47. The van der Waals surface area contributed by atoms with Crippen LogP contribution in [0.1, 0.15) is 6.42 Å². The summed E-state index contributed by atoms with van der Waals surface area (Å²) in [6, 6.07) is 11.3. The predicted octanol–water partition coefficient (Wildman–Crippen LogP) is 1.96. The molecular formula is C24H25FN5O4-. The Hall–Kier alpha value is -3.79. The van der Waals surface area contributed by atoms with Gasteiger partial charge in [0, 0.05) is 54.2 Å². The minimum Gasteiger partial charge on any atom is -0.870 e. The van der Waals surface area contributed by atoms with E-state index >= 15 is 0 Å². The lowest BCUT2D eigenvalue weighted by atomic mass is 10.1. The maximum atomic E-state index is 13.5. The van der Waals surface area contributed by atoms with Crippen LogP contribution in [0.5, 0.6) is 17.2 Å². The van der Waals surface area contributed by atoms with Crippen LogP contribution < -0.4 is 19.7 Å². The number of piperazine rings is 1. The predicted molar refractivity (Wildman–Crippen MR) is 124 cm³/mol. The second kappa shape index (κ2) is 8.86. The zero-order valence-corrected chi connectivity index (χ0v) is 18.8. The lowest BCUT2D eigenvalue weighted by Gasteiger charge is -2.36. The summed E-state index contributed by atoms with van der Waals surface area (Å²) in [6.45, 7) is 4.21. The van der Waals surface area contributed by atoms with Crippen molar-refractivity contribution in [3.05, 3.63) is 53.5 Å². The molecule has 5 rings (SSSR count). The first-order chi connectivity index (χ1) is 16.5. The van der Waals surface area contributed by atoms with Crippen LogP contribution in [-0.2, 0) is 6.54 Å². The highest BCUT2D eigenvalue weighted by atomic mass is 19.1. The molecule has 1 saturated heterocycles. The highest BCUT2D eigenvalue weighted by molar-refractivity contribution is 6.07. The van der Waals surface area contributed by atoms with Crippen LogP contribution in [0.25, 0.3) is 21.8 Å². The van der Waals surface area contributed by atoms with E-state index in [1.165, 1.54) is 23.9 Å².